The van der Waals surface area contributed by atoms with Gasteiger partial charge in [0, 0.05) is 12.7 Å². The normalized spacial score (nSPS) is 15.3. The van der Waals surface area contributed by atoms with Gasteiger partial charge in [-0.3, -0.25) is 10.1 Å². The molecule has 1 aromatic heterocycles. The van der Waals surface area contributed by atoms with Crippen LogP contribution in [0.5, 0.6) is 11.6 Å². The van der Waals surface area contributed by atoms with Crippen LogP contribution in [-0.4, -0.2) is 54.1 Å². The molecule has 1 aromatic carbocycles. The molecule has 1 aliphatic rings. The Balaban J connectivity index is 2.13. The summed E-state index contributed by atoms with van der Waals surface area (Å²) in [6.07, 6.45) is 1.05. The molecule has 3 rings (SSSR count). The van der Waals surface area contributed by atoms with E-state index in [9.17, 15) is 19.7 Å². The molecule has 0 saturated carbocycles. The first-order valence-corrected chi connectivity index (χ1v) is 10.8. The Hall–Kier alpha value is -4.13. The Morgan fingerprint density at radius 1 is 1.26 bits per heavy atom. The molecule has 0 fully saturated rings. The number of hydrogen-bond acceptors (Lipinski definition) is 9. The second-order valence-electron chi connectivity index (χ2n) is 7.33. The van der Waals surface area contributed by atoms with Crippen molar-refractivity contribution in [2.45, 2.75) is 33.0 Å². The zero-order valence-corrected chi connectivity index (χ0v) is 19.8. The molecule has 13 nitrogen and oxygen atoms in total. The number of nitrogens with zero attached hydrogens (tertiary/aromatic N) is 3. The van der Waals surface area contributed by atoms with Gasteiger partial charge in [0.15, 0.2) is 0 Å². The molecule has 0 aliphatic carbocycles. The van der Waals surface area contributed by atoms with Crippen molar-refractivity contribution >= 4 is 17.7 Å². The summed E-state index contributed by atoms with van der Waals surface area (Å²) in [6, 6.07) is 3.75. The van der Waals surface area contributed by atoms with Crippen LogP contribution in [0, 0.1) is 10.1 Å². The summed E-state index contributed by atoms with van der Waals surface area (Å²) in [5, 5.41) is 20.8. The highest BCUT2D eigenvalue weighted by atomic mass is 16.6. The number of nitro groups is 1. The second kappa shape index (κ2) is 11.3. The maximum Gasteiger partial charge on any atom is 0.350 e. The van der Waals surface area contributed by atoms with Crippen molar-refractivity contribution in [3.8, 4) is 11.6 Å². The molecule has 2 amide bonds. The van der Waals surface area contributed by atoms with Gasteiger partial charge in [-0.2, -0.15) is 5.10 Å². The monoisotopic (exact) mass is 489 g/mol. The predicted molar refractivity (Wildman–Crippen MR) is 122 cm³/mol. The van der Waals surface area contributed by atoms with E-state index in [2.05, 4.69) is 15.7 Å². The van der Waals surface area contributed by atoms with Crippen molar-refractivity contribution in [2.75, 3.05) is 27.4 Å². The summed E-state index contributed by atoms with van der Waals surface area (Å²) in [5.41, 5.74) is 1.26. The number of benzene rings is 1. The third-order valence-corrected chi connectivity index (χ3v) is 5.15. The van der Waals surface area contributed by atoms with Crippen LogP contribution in [0.15, 0.2) is 35.7 Å². The van der Waals surface area contributed by atoms with E-state index in [1.54, 1.807) is 39.2 Å². The Morgan fingerprint density at radius 2 is 2.03 bits per heavy atom. The van der Waals surface area contributed by atoms with Crippen molar-refractivity contribution in [1.82, 2.24) is 20.4 Å². The van der Waals surface area contributed by atoms with Crippen LogP contribution in [-0.2, 0) is 27.4 Å². The second-order valence-corrected chi connectivity index (χ2v) is 7.33. The Kier molecular flexibility index (Phi) is 8.25. The number of nitrogens with one attached hydrogen (secondary N) is 2. The third-order valence-electron chi connectivity index (χ3n) is 5.15. The smallest absolute Gasteiger partial charge is 0.350 e. The van der Waals surface area contributed by atoms with Crippen LogP contribution in [0.1, 0.15) is 31.0 Å². The largest absolute Gasteiger partial charge is 0.496 e. The van der Waals surface area contributed by atoms with Crippen LogP contribution >= 0.6 is 0 Å². The lowest BCUT2D eigenvalue weighted by Crippen LogP contribution is -2.47. The minimum atomic E-state index is -0.875. The molecule has 2 heterocycles. The van der Waals surface area contributed by atoms with Crippen molar-refractivity contribution in [3.63, 3.8) is 0 Å². The van der Waals surface area contributed by atoms with Crippen molar-refractivity contribution < 1.29 is 33.5 Å². The highest BCUT2D eigenvalue weighted by Gasteiger charge is 2.35. The molecule has 2 N–H and O–H groups in total. The van der Waals surface area contributed by atoms with Crippen LogP contribution in [0.3, 0.4) is 0 Å². The number of esters is 1. The standard InChI is InChI=1S/C22H27N5O8/c1-5-34-20-16(27(30)31)10-23-26(20)11-15-18(21(28)35-6-2)19(25-22(29)24-15)13-7-8-17(33-4)14(9-13)12-32-3/h7-10,19H,5-6,11-12H2,1-4H3,(H2,24,25,29). The zero-order chi connectivity index (χ0) is 25.5. The molecule has 0 spiro atoms. The third kappa shape index (κ3) is 5.51. The fraction of sp³-hybridized carbons (Fsp3) is 0.409. The highest BCUT2D eigenvalue weighted by Crippen LogP contribution is 2.33. The van der Waals surface area contributed by atoms with Crippen LogP contribution in [0.2, 0.25) is 0 Å². The summed E-state index contributed by atoms with van der Waals surface area (Å²) in [7, 11) is 3.07. The predicted octanol–water partition coefficient (Wildman–Crippen LogP) is 2.22. The maximum atomic E-state index is 13.1. The SMILES string of the molecule is CCOC(=O)C1=C(Cn2ncc([N+](=O)[O-])c2OCC)NC(=O)NC1c1ccc(OC)c(COC)c1. The van der Waals surface area contributed by atoms with Crippen molar-refractivity contribution in [2.24, 2.45) is 0 Å². The highest BCUT2D eigenvalue weighted by molar-refractivity contribution is 5.95. The molecular formula is C22H27N5O8. The molecule has 1 unspecified atom stereocenters. The van der Waals surface area contributed by atoms with Gasteiger partial charge in [-0.15, -0.1) is 0 Å². The number of methoxy groups -OCH3 is 2. The fourth-order valence-corrected chi connectivity index (χ4v) is 3.73. The molecule has 13 heteroatoms. The quantitative estimate of drug-likeness (QED) is 0.274. The summed E-state index contributed by atoms with van der Waals surface area (Å²) in [6.45, 7) is 3.66. The molecule has 1 aliphatic heterocycles. The number of aromatic nitrogens is 2. The van der Waals surface area contributed by atoms with Gasteiger partial charge in [-0.25, -0.2) is 14.3 Å². The number of urea groups is 1. The number of allylic oxidation sites excluding steroid dienone is 1. The van der Waals surface area contributed by atoms with Gasteiger partial charge in [-0.05, 0) is 31.5 Å². The number of hydrogen-bond donors (Lipinski definition) is 2. The first-order valence-electron chi connectivity index (χ1n) is 10.8. The van der Waals surface area contributed by atoms with Crippen molar-refractivity contribution in [1.29, 1.82) is 0 Å². The van der Waals surface area contributed by atoms with E-state index in [-0.39, 0.29) is 49.2 Å². The van der Waals surface area contributed by atoms with Gasteiger partial charge in [-0.1, -0.05) is 6.07 Å². The topological polar surface area (TPSA) is 156 Å². The number of carbonyl (C=O) groups is 2. The number of amides is 2. The number of ether oxygens (including phenoxy) is 4. The van der Waals surface area contributed by atoms with E-state index in [4.69, 9.17) is 18.9 Å². The summed E-state index contributed by atoms with van der Waals surface area (Å²) < 4.78 is 22.5. The molecule has 35 heavy (non-hydrogen) atoms. The summed E-state index contributed by atoms with van der Waals surface area (Å²) in [4.78, 5) is 36.4. The lowest BCUT2D eigenvalue weighted by Gasteiger charge is -2.30. The summed E-state index contributed by atoms with van der Waals surface area (Å²) in [5.74, 6) is -0.170. The molecule has 0 bridgehead atoms. The minimum absolute atomic E-state index is 0.0932. The Morgan fingerprint density at radius 3 is 2.66 bits per heavy atom. The molecule has 1 atom stereocenters. The van der Waals surface area contributed by atoms with Gasteiger partial charge in [0.2, 0.25) is 0 Å². The molecule has 0 radical (unpaired) electrons. The average molecular weight is 489 g/mol. The lowest BCUT2D eigenvalue weighted by atomic mass is 9.93. The van der Waals surface area contributed by atoms with Crippen LogP contribution in [0.4, 0.5) is 10.5 Å². The first-order chi connectivity index (χ1) is 16.8. The van der Waals surface area contributed by atoms with E-state index in [1.165, 1.54) is 11.8 Å². The number of carbonyl (C=O) groups excluding carboxylic acids is 2. The maximum absolute atomic E-state index is 13.1. The number of rotatable bonds is 11. The van der Waals surface area contributed by atoms with Gasteiger partial charge < -0.3 is 29.6 Å². The van der Waals surface area contributed by atoms with Gasteiger partial charge >= 0.3 is 17.7 Å². The van der Waals surface area contributed by atoms with E-state index in [0.717, 1.165) is 6.20 Å². The Labute approximate surface area is 201 Å². The van der Waals surface area contributed by atoms with Gasteiger partial charge in [0.25, 0.3) is 5.88 Å². The molecule has 2 aromatic rings. The summed E-state index contributed by atoms with van der Waals surface area (Å²) >= 11 is 0. The van der Waals surface area contributed by atoms with E-state index >= 15 is 0 Å². The molecule has 0 saturated heterocycles. The Bertz CT molecular complexity index is 1140. The van der Waals surface area contributed by atoms with Crippen molar-refractivity contribution in [3.05, 3.63) is 56.9 Å². The zero-order valence-electron chi connectivity index (χ0n) is 19.8. The molecular weight excluding hydrogens is 462 g/mol. The minimum Gasteiger partial charge on any atom is -0.496 e. The van der Waals surface area contributed by atoms with E-state index < -0.39 is 23.0 Å². The van der Waals surface area contributed by atoms with Crippen LogP contribution < -0.4 is 20.1 Å². The fourth-order valence-electron chi connectivity index (χ4n) is 3.73. The average Bonchev–Trinajstić information content (AvgIpc) is 3.21. The van der Waals surface area contributed by atoms with Gasteiger partial charge in [0.05, 0.1) is 55.7 Å². The van der Waals surface area contributed by atoms with Gasteiger partial charge in [0.1, 0.15) is 11.9 Å². The van der Waals surface area contributed by atoms with Crippen LogP contribution in [0.25, 0.3) is 0 Å². The lowest BCUT2D eigenvalue weighted by molar-refractivity contribution is -0.386. The van der Waals surface area contributed by atoms with E-state index in [0.29, 0.717) is 16.9 Å². The first kappa shape index (κ1) is 25.5. The van der Waals surface area contributed by atoms with E-state index in [1.807, 2.05) is 0 Å². The molecule has 188 valence electrons.